The monoisotopic (exact) mass is 295 g/mol. The first-order chi connectivity index (χ1) is 9.65. The van der Waals surface area contributed by atoms with Crippen LogP contribution in [0.2, 0.25) is 0 Å². The van der Waals surface area contributed by atoms with E-state index in [4.69, 9.17) is 10.6 Å². The Bertz CT molecular complexity index is 451. The highest BCUT2D eigenvalue weighted by molar-refractivity contribution is 7.12. The van der Waals surface area contributed by atoms with Crippen molar-refractivity contribution in [2.75, 3.05) is 6.61 Å². The summed E-state index contributed by atoms with van der Waals surface area (Å²) in [6.45, 7) is 2.17. The normalized spacial score (nSPS) is 23.4. The van der Waals surface area contributed by atoms with E-state index in [-0.39, 0.29) is 18.6 Å². The van der Waals surface area contributed by atoms with Crippen LogP contribution in [0.3, 0.4) is 0 Å². The molecule has 1 aromatic rings. The number of hydrogen-bond acceptors (Lipinski definition) is 4. The fourth-order valence-corrected chi connectivity index (χ4v) is 2.92. The fourth-order valence-electron chi connectivity index (χ4n) is 2.30. The second-order valence-electron chi connectivity index (χ2n) is 5.25. The molecule has 1 aliphatic rings. The number of nitrogens with two attached hydrogens (primary N) is 1. The minimum atomic E-state index is -0.132. The summed E-state index contributed by atoms with van der Waals surface area (Å²) in [5, 5.41) is 8.64. The van der Waals surface area contributed by atoms with Crippen LogP contribution in [0.25, 0.3) is 0 Å². The quantitative estimate of drug-likeness (QED) is 0.496. The van der Waals surface area contributed by atoms with Crippen LogP contribution in [0.15, 0.2) is 22.7 Å². The summed E-state index contributed by atoms with van der Waals surface area (Å²) in [6, 6.07) is 4.02. The smallest absolute Gasteiger partial charge is 0.260 e. The molecule has 3 N–H and O–H groups in total. The number of thiophene rings is 1. The molecule has 0 atom stereocenters. The van der Waals surface area contributed by atoms with E-state index < -0.39 is 0 Å². The van der Waals surface area contributed by atoms with Crippen molar-refractivity contribution >= 4 is 23.1 Å². The largest absolute Gasteiger partial charge is 0.384 e. The molecule has 2 rings (SSSR count). The zero-order valence-electron chi connectivity index (χ0n) is 11.7. The highest BCUT2D eigenvalue weighted by atomic mass is 32.1. The van der Waals surface area contributed by atoms with Gasteiger partial charge in [-0.3, -0.25) is 4.79 Å². The molecule has 110 valence electrons. The Morgan fingerprint density at radius 2 is 2.25 bits per heavy atom. The van der Waals surface area contributed by atoms with Crippen LogP contribution in [-0.4, -0.2) is 24.4 Å². The maximum Gasteiger partial charge on any atom is 0.260 e. The zero-order valence-corrected chi connectivity index (χ0v) is 12.5. The van der Waals surface area contributed by atoms with Crippen LogP contribution >= 0.6 is 11.3 Å². The lowest BCUT2D eigenvalue weighted by atomic mass is 9.87. The van der Waals surface area contributed by atoms with E-state index in [0.29, 0.717) is 5.84 Å². The average molecular weight is 295 g/mol. The number of carbonyl (C=O) groups is 1. The van der Waals surface area contributed by atoms with Gasteiger partial charge in [0.25, 0.3) is 5.91 Å². The van der Waals surface area contributed by atoms with E-state index >= 15 is 0 Å². The van der Waals surface area contributed by atoms with E-state index in [1.54, 1.807) is 0 Å². The highest BCUT2D eigenvalue weighted by Gasteiger charge is 2.19. The third kappa shape index (κ3) is 4.52. The lowest BCUT2D eigenvalue weighted by molar-refractivity contribution is -0.126. The summed E-state index contributed by atoms with van der Waals surface area (Å²) < 4.78 is 0. The van der Waals surface area contributed by atoms with Crippen molar-refractivity contribution in [2.45, 2.75) is 38.6 Å². The molecule has 1 fully saturated rings. The molecular formula is C14H21N3O2S. The first-order valence-electron chi connectivity index (χ1n) is 6.94. The van der Waals surface area contributed by atoms with Gasteiger partial charge < -0.3 is 15.9 Å². The number of carbonyl (C=O) groups excluding carboxylic acids is 1. The Kier molecular flexibility index (Phi) is 5.40. The lowest BCUT2D eigenvalue weighted by Crippen LogP contribution is -2.39. The Labute approximate surface area is 123 Å². The molecule has 0 aliphatic heterocycles. The number of nitrogens with one attached hydrogen (secondary N) is 1. The molecule has 1 amide bonds. The number of oxime groups is 1. The summed E-state index contributed by atoms with van der Waals surface area (Å²) in [5.74, 6) is 0.946. The summed E-state index contributed by atoms with van der Waals surface area (Å²) >= 11 is 1.48. The van der Waals surface area contributed by atoms with Crippen molar-refractivity contribution in [1.29, 1.82) is 0 Å². The molecule has 0 unspecified atom stereocenters. The minimum absolute atomic E-state index is 0.0852. The SMILES string of the molecule is CC1CCC(NC(=O)CO/N=C(\N)c2cccs2)CC1. The fraction of sp³-hybridized carbons (Fsp3) is 0.571. The van der Waals surface area contributed by atoms with Crippen LogP contribution in [0.5, 0.6) is 0 Å². The molecule has 0 saturated heterocycles. The average Bonchev–Trinajstić information content (AvgIpc) is 2.95. The zero-order chi connectivity index (χ0) is 14.4. The summed E-state index contributed by atoms with van der Waals surface area (Å²) in [6.07, 6.45) is 4.45. The van der Waals surface area contributed by atoms with Crippen LogP contribution in [0.4, 0.5) is 0 Å². The number of amides is 1. The third-order valence-electron chi connectivity index (χ3n) is 3.51. The molecule has 0 bridgehead atoms. The van der Waals surface area contributed by atoms with Gasteiger partial charge in [0, 0.05) is 6.04 Å². The molecule has 1 heterocycles. The van der Waals surface area contributed by atoms with Gasteiger partial charge in [0.2, 0.25) is 0 Å². The predicted molar refractivity (Wildman–Crippen MR) is 80.6 cm³/mol. The summed E-state index contributed by atoms with van der Waals surface area (Å²) in [5.41, 5.74) is 5.73. The van der Waals surface area contributed by atoms with Crippen LogP contribution in [0.1, 0.15) is 37.5 Å². The van der Waals surface area contributed by atoms with Crippen LogP contribution in [0, 0.1) is 5.92 Å². The van der Waals surface area contributed by atoms with Crippen LogP contribution in [-0.2, 0) is 9.63 Å². The molecule has 20 heavy (non-hydrogen) atoms. The standard InChI is InChI=1S/C14H21N3O2S/c1-10-4-6-11(7-5-10)16-13(18)9-19-17-14(15)12-3-2-8-20-12/h2-3,8,10-11H,4-7,9H2,1H3,(H2,15,17)(H,16,18). The second kappa shape index (κ2) is 7.28. The first kappa shape index (κ1) is 14.8. The Hall–Kier alpha value is -1.56. The number of amidine groups is 1. The predicted octanol–water partition coefficient (Wildman–Crippen LogP) is 2.08. The van der Waals surface area contributed by atoms with Gasteiger partial charge >= 0.3 is 0 Å². The molecule has 0 radical (unpaired) electrons. The molecule has 0 spiro atoms. The van der Waals surface area contributed by atoms with Crippen molar-refractivity contribution in [3.8, 4) is 0 Å². The molecule has 1 aromatic heterocycles. The van der Waals surface area contributed by atoms with Crippen molar-refractivity contribution in [3.05, 3.63) is 22.4 Å². The maximum absolute atomic E-state index is 11.7. The van der Waals surface area contributed by atoms with Gasteiger partial charge in [-0.1, -0.05) is 18.1 Å². The summed E-state index contributed by atoms with van der Waals surface area (Å²) in [4.78, 5) is 17.6. The molecule has 0 aromatic carbocycles. The van der Waals surface area contributed by atoms with E-state index in [2.05, 4.69) is 17.4 Å². The molecule has 5 nitrogen and oxygen atoms in total. The van der Waals surface area contributed by atoms with Gasteiger partial charge in [-0.15, -0.1) is 11.3 Å². The van der Waals surface area contributed by atoms with Crippen molar-refractivity contribution < 1.29 is 9.63 Å². The van der Waals surface area contributed by atoms with E-state index in [1.807, 2.05) is 17.5 Å². The van der Waals surface area contributed by atoms with E-state index in [1.165, 1.54) is 24.2 Å². The third-order valence-corrected chi connectivity index (χ3v) is 4.41. The lowest BCUT2D eigenvalue weighted by Gasteiger charge is -2.26. The van der Waals surface area contributed by atoms with Crippen molar-refractivity contribution in [1.82, 2.24) is 5.32 Å². The number of hydrogen-bond donors (Lipinski definition) is 2. The molecular weight excluding hydrogens is 274 g/mol. The minimum Gasteiger partial charge on any atom is -0.384 e. The van der Waals surface area contributed by atoms with Crippen LogP contribution < -0.4 is 11.1 Å². The Balaban J connectivity index is 1.69. The van der Waals surface area contributed by atoms with Gasteiger partial charge in [-0.25, -0.2) is 0 Å². The van der Waals surface area contributed by atoms with Gasteiger partial charge in [-0.2, -0.15) is 0 Å². The maximum atomic E-state index is 11.7. The van der Waals surface area contributed by atoms with E-state index in [9.17, 15) is 4.79 Å². The van der Waals surface area contributed by atoms with Crippen molar-refractivity contribution in [2.24, 2.45) is 16.8 Å². The van der Waals surface area contributed by atoms with Gasteiger partial charge in [0.05, 0.1) is 4.88 Å². The molecule has 1 saturated carbocycles. The molecule has 1 aliphatic carbocycles. The Morgan fingerprint density at radius 3 is 2.90 bits per heavy atom. The first-order valence-corrected chi connectivity index (χ1v) is 7.82. The summed E-state index contributed by atoms with van der Waals surface area (Å²) in [7, 11) is 0. The second-order valence-corrected chi connectivity index (χ2v) is 6.20. The van der Waals surface area contributed by atoms with Gasteiger partial charge in [-0.05, 0) is 43.0 Å². The molecule has 6 heteroatoms. The number of nitrogens with zero attached hydrogens (tertiary/aromatic N) is 1. The van der Waals surface area contributed by atoms with E-state index in [0.717, 1.165) is 23.6 Å². The van der Waals surface area contributed by atoms with Gasteiger partial charge in [0.15, 0.2) is 12.4 Å². The van der Waals surface area contributed by atoms with Gasteiger partial charge in [0.1, 0.15) is 0 Å². The number of rotatable bonds is 5. The highest BCUT2D eigenvalue weighted by Crippen LogP contribution is 2.23. The topological polar surface area (TPSA) is 76.7 Å². The Morgan fingerprint density at radius 1 is 1.50 bits per heavy atom. The van der Waals surface area contributed by atoms with Crippen molar-refractivity contribution in [3.63, 3.8) is 0 Å².